The molecule has 18 heavy (non-hydrogen) atoms. The molecule has 98 valence electrons. The van der Waals surface area contributed by atoms with Crippen LogP contribution in [0, 0.1) is 0 Å². The van der Waals surface area contributed by atoms with Gasteiger partial charge >= 0.3 is 6.09 Å². The first-order valence-corrected chi connectivity index (χ1v) is 6.10. The van der Waals surface area contributed by atoms with Gasteiger partial charge in [0.15, 0.2) is 0 Å². The van der Waals surface area contributed by atoms with Gasteiger partial charge in [-0.3, -0.25) is 4.90 Å². The monoisotopic (exact) mass is 249 g/mol. The second-order valence-electron chi connectivity index (χ2n) is 5.74. The highest BCUT2D eigenvalue weighted by atomic mass is 16.4. The molecule has 4 nitrogen and oxygen atoms in total. The van der Waals surface area contributed by atoms with Gasteiger partial charge in [0.1, 0.15) is 0 Å². The standard InChI is InChI=1S/C14H19NO3/c1-14(2,3)15(13(17)18)12-10-7-5-4-6-9(10)8-11(12)16/h4-7,11-12,16H,8H2,1-3H3,(H,17,18)/t11-,12+/m0/s1. The Morgan fingerprint density at radius 1 is 1.33 bits per heavy atom. The zero-order chi connectivity index (χ0) is 13.5. The second kappa shape index (κ2) is 4.28. The van der Waals surface area contributed by atoms with Crippen LogP contribution >= 0.6 is 0 Å². The number of benzene rings is 1. The number of hydrogen-bond donors (Lipinski definition) is 2. The van der Waals surface area contributed by atoms with E-state index >= 15 is 0 Å². The van der Waals surface area contributed by atoms with E-state index in [4.69, 9.17) is 0 Å². The molecule has 1 aromatic rings. The van der Waals surface area contributed by atoms with Gasteiger partial charge < -0.3 is 10.2 Å². The lowest BCUT2D eigenvalue weighted by atomic mass is 9.99. The summed E-state index contributed by atoms with van der Waals surface area (Å²) in [6.45, 7) is 5.53. The quantitative estimate of drug-likeness (QED) is 0.803. The molecule has 0 unspecified atom stereocenters. The molecule has 1 aliphatic rings. The Labute approximate surface area is 107 Å². The highest BCUT2D eigenvalue weighted by Gasteiger charge is 2.42. The molecule has 0 saturated carbocycles. The van der Waals surface area contributed by atoms with Crippen molar-refractivity contribution in [2.24, 2.45) is 0 Å². The van der Waals surface area contributed by atoms with Crippen molar-refractivity contribution in [3.8, 4) is 0 Å². The summed E-state index contributed by atoms with van der Waals surface area (Å²) in [5.41, 5.74) is 1.40. The summed E-state index contributed by atoms with van der Waals surface area (Å²) < 4.78 is 0. The highest BCUT2D eigenvalue weighted by molar-refractivity contribution is 5.67. The Balaban J connectivity index is 2.46. The van der Waals surface area contributed by atoms with Crippen molar-refractivity contribution in [2.75, 3.05) is 0 Å². The first-order valence-electron chi connectivity index (χ1n) is 6.10. The maximum absolute atomic E-state index is 11.5. The van der Waals surface area contributed by atoms with Crippen molar-refractivity contribution in [3.05, 3.63) is 35.4 Å². The average Bonchev–Trinajstić information content (AvgIpc) is 2.54. The summed E-state index contributed by atoms with van der Waals surface area (Å²) >= 11 is 0. The molecule has 1 aliphatic carbocycles. The number of aliphatic hydroxyl groups is 1. The molecular weight excluding hydrogens is 230 g/mol. The van der Waals surface area contributed by atoms with Crippen LogP contribution in [0.1, 0.15) is 37.9 Å². The third kappa shape index (κ3) is 2.08. The van der Waals surface area contributed by atoms with Crippen LogP contribution in [-0.4, -0.2) is 32.8 Å². The van der Waals surface area contributed by atoms with Gasteiger partial charge in [0.25, 0.3) is 0 Å². The lowest BCUT2D eigenvalue weighted by Gasteiger charge is -2.39. The number of amides is 1. The Bertz CT molecular complexity index is 464. The summed E-state index contributed by atoms with van der Waals surface area (Å²) in [4.78, 5) is 12.9. The zero-order valence-corrected chi connectivity index (χ0v) is 10.9. The fraction of sp³-hybridized carbons (Fsp3) is 0.500. The molecule has 2 atom stereocenters. The average molecular weight is 249 g/mol. The lowest BCUT2D eigenvalue weighted by molar-refractivity contribution is 0.0149. The largest absolute Gasteiger partial charge is 0.465 e. The van der Waals surface area contributed by atoms with Gasteiger partial charge in [-0.2, -0.15) is 0 Å². The van der Waals surface area contributed by atoms with Gasteiger partial charge in [-0.15, -0.1) is 0 Å². The van der Waals surface area contributed by atoms with E-state index in [-0.39, 0.29) is 0 Å². The van der Waals surface area contributed by atoms with Gasteiger partial charge in [0.05, 0.1) is 12.1 Å². The van der Waals surface area contributed by atoms with Crippen molar-refractivity contribution >= 4 is 6.09 Å². The molecular formula is C14H19NO3. The molecule has 2 rings (SSSR count). The van der Waals surface area contributed by atoms with Crippen LogP contribution in [0.15, 0.2) is 24.3 Å². The van der Waals surface area contributed by atoms with Crippen LogP contribution in [-0.2, 0) is 6.42 Å². The van der Waals surface area contributed by atoms with E-state index in [2.05, 4.69) is 0 Å². The Hall–Kier alpha value is -1.55. The zero-order valence-electron chi connectivity index (χ0n) is 10.9. The van der Waals surface area contributed by atoms with E-state index in [1.54, 1.807) is 0 Å². The molecule has 2 N–H and O–H groups in total. The van der Waals surface area contributed by atoms with Crippen molar-refractivity contribution in [1.29, 1.82) is 0 Å². The van der Waals surface area contributed by atoms with Crippen molar-refractivity contribution in [1.82, 2.24) is 4.90 Å². The third-order valence-corrected chi connectivity index (χ3v) is 3.37. The van der Waals surface area contributed by atoms with Crippen LogP contribution < -0.4 is 0 Å². The molecule has 0 fully saturated rings. The van der Waals surface area contributed by atoms with Gasteiger partial charge in [-0.05, 0) is 31.9 Å². The predicted octanol–water partition coefficient (Wildman–Crippen LogP) is 2.42. The van der Waals surface area contributed by atoms with Gasteiger partial charge in [0, 0.05) is 12.0 Å². The number of carboxylic acid groups (broad SMARTS) is 1. The number of hydrogen-bond acceptors (Lipinski definition) is 2. The smallest absolute Gasteiger partial charge is 0.408 e. The fourth-order valence-corrected chi connectivity index (χ4v) is 2.69. The predicted molar refractivity (Wildman–Crippen MR) is 68.5 cm³/mol. The number of rotatable bonds is 1. The van der Waals surface area contributed by atoms with E-state index in [1.807, 2.05) is 45.0 Å². The molecule has 0 bridgehead atoms. The third-order valence-electron chi connectivity index (χ3n) is 3.37. The SMILES string of the molecule is CC(C)(C)N(C(=O)O)[C@@H]1c2ccccc2C[C@@H]1O. The van der Waals surface area contributed by atoms with Crippen molar-refractivity contribution in [2.45, 2.75) is 44.9 Å². The van der Waals surface area contributed by atoms with Crippen LogP contribution in [0.5, 0.6) is 0 Å². The van der Waals surface area contributed by atoms with E-state index in [1.165, 1.54) is 4.90 Å². The molecule has 1 amide bonds. The number of nitrogens with zero attached hydrogens (tertiary/aromatic N) is 1. The lowest BCUT2D eigenvalue weighted by Crippen LogP contribution is -2.49. The molecule has 0 radical (unpaired) electrons. The number of fused-ring (bicyclic) bond motifs is 1. The van der Waals surface area contributed by atoms with Crippen molar-refractivity contribution < 1.29 is 15.0 Å². The summed E-state index contributed by atoms with van der Waals surface area (Å²) in [7, 11) is 0. The minimum absolute atomic E-state index is 0.473. The van der Waals surface area contributed by atoms with Gasteiger partial charge in [-0.25, -0.2) is 4.79 Å². The molecule has 0 spiro atoms. The topological polar surface area (TPSA) is 60.8 Å². The van der Waals surface area contributed by atoms with Crippen LogP contribution in [0.25, 0.3) is 0 Å². The van der Waals surface area contributed by atoms with Crippen LogP contribution in [0.2, 0.25) is 0 Å². The Morgan fingerprint density at radius 3 is 2.50 bits per heavy atom. The highest BCUT2D eigenvalue weighted by Crippen LogP contribution is 2.39. The molecule has 0 aromatic heterocycles. The second-order valence-corrected chi connectivity index (χ2v) is 5.74. The summed E-state index contributed by atoms with van der Waals surface area (Å²) in [6.07, 6.45) is -1.15. The molecule has 4 heteroatoms. The van der Waals surface area contributed by atoms with E-state index in [9.17, 15) is 15.0 Å². The minimum atomic E-state index is -0.997. The maximum Gasteiger partial charge on any atom is 0.408 e. The van der Waals surface area contributed by atoms with Crippen molar-refractivity contribution in [3.63, 3.8) is 0 Å². The summed E-state index contributed by atoms with van der Waals surface area (Å²) in [5.74, 6) is 0. The van der Waals surface area contributed by atoms with E-state index < -0.39 is 23.8 Å². The normalized spacial score (nSPS) is 22.7. The summed E-state index contributed by atoms with van der Waals surface area (Å²) in [6, 6.07) is 7.17. The number of carbonyl (C=O) groups is 1. The maximum atomic E-state index is 11.5. The number of aliphatic hydroxyl groups excluding tert-OH is 1. The summed E-state index contributed by atoms with van der Waals surface area (Å²) in [5, 5.41) is 19.6. The first kappa shape index (κ1) is 12.9. The van der Waals surface area contributed by atoms with E-state index in [0.29, 0.717) is 6.42 Å². The van der Waals surface area contributed by atoms with Gasteiger partial charge in [-0.1, -0.05) is 24.3 Å². The first-order chi connectivity index (χ1) is 8.32. The van der Waals surface area contributed by atoms with Crippen LogP contribution in [0.4, 0.5) is 4.79 Å². The fourth-order valence-electron chi connectivity index (χ4n) is 2.69. The molecule has 0 aliphatic heterocycles. The Kier molecular flexibility index (Phi) is 3.07. The molecule has 0 saturated heterocycles. The molecule has 1 aromatic carbocycles. The minimum Gasteiger partial charge on any atom is -0.465 e. The van der Waals surface area contributed by atoms with Gasteiger partial charge in [0.2, 0.25) is 0 Å². The molecule has 0 heterocycles. The Morgan fingerprint density at radius 2 is 1.94 bits per heavy atom. The van der Waals surface area contributed by atoms with E-state index in [0.717, 1.165) is 11.1 Å². The van der Waals surface area contributed by atoms with Crippen LogP contribution in [0.3, 0.4) is 0 Å².